The Morgan fingerprint density at radius 1 is 1.19 bits per heavy atom. The van der Waals surface area contributed by atoms with Gasteiger partial charge in [-0.2, -0.15) is 0 Å². The predicted molar refractivity (Wildman–Crippen MR) is 187 cm³/mol. The molecule has 0 radical (unpaired) electrons. The molecule has 0 saturated carbocycles. The number of likely N-dealkylation sites (tertiary alicyclic amines) is 1. The fourth-order valence-corrected chi connectivity index (χ4v) is 8.63. The van der Waals surface area contributed by atoms with Gasteiger partial charge in [-0.15, -0.1) is 13.2 Å². The van der Waals surface area contributed by atoms with E-state index in [-0.39, 0.29) is 41.5 Å². The number of allylic oxidation sites excluding steroid dienone is 1. The quantitative estimate of drug-likeness (QED) is 0.141. The summed E-state index contributed by atoms with van der Waals surface area (Å²) in [7, 11) is 1.69. The number of hydrogen-bond donors (Lipinski definition) is 1. The van der Waals surface area contributed by atoms with Gasteiger partial charge in [-0.3, -0.25) is 19.2 Å². The van der Waals surface area contributed by atoms with Crippen molar-refractivity contribution in [2.24, 2.45) is 17.8 Å². The lowest BCUT2D eigenvalue weighted by Crippen LogP contribution is -2.60. The van der Waals surface area contributed by atoms with Crippen LogP contribution in [0.15, 0.2) is 55.6 Å². The van der Waals surface area contributed by atoms with Crippen LogP contribution in [-0.2, 0) is 28.7 Å². The van der Waals surface area contributed by atoms with Gasteiger partial charge in [0.2, 0.25) is 17.7 Å². The van der Waals surface area contributed by atoms with Gasteiger partial charge in [-0.05, 0) is 37.7 Å². The highest BCUT2D eigenvalue weighted by Crippen LogP contribution is 2.61. The number of likely N-dealkylation sites (N-methyl/N-ethyl adjacent to an activating group) is 1. The summed E-state index contributed by atoms with van der Waals surface area (Å²) in [4.78, 5) is 61.2. The summed E-state index contributed by atoms with van der Waals surface area (Å²) in [5, 5.41) is 10.6. The highest BCUT2D eigenvalue weighted by Gasteiger charge is 2.77. The molecule has 3 aliphatic rings. The smallest absolute Gasteiger partial charge is 0.313 e. The van der Waals surface area contributed by atoms with E-state index in [1.807, 2.05) is 58.0 Å². The Morgan fingerprint density at radius 2 is 1.88 bits per heavy atom. The molecular formula is C37H52BrN3O7. The fourth-order valence-electron chi connectivity index (χ4n) is 7.69. The van der Waals surface area contributed by atoms with Gasteiger partial charge in [-0.1, -0.05) is 85.6 Å². The van der Waals surface area contributed by atoms with E-state index in [1.54, 1.807) is 29.0 Å². The molecule has 11 heteroatoms. The molecule has 1 unspecified atom stereocenters. The number of nitrogens with zero attached hydrogens (tertiary/aromatic N) is 3. The van der Waals surface area contributed by atoms with Crippen molar-refractivity contribution in [2.45, 2.75) is 101 Å². The number of ether oxygens (including phenoxy) is 2. The topological polar surface area (TPSA) is 117 Å². The molecule has 0 aliphatic carbocycles. The highest BCUT2D eigenvalue weighted by atomic mass is 79.9. The monoisotopic (exact) mass is 729 g/mol. The van der Waals surface area contributed by atoms with Crippen molar-refractivity contribution in [1.82, 2.24) is 14.7 Å². The van der Waals surface area contributed by atoms with E-state index < -0.39 is 53.7 Å². The van der Waals surface area contributed by atoms with Gasteiger partial charge >= 0.3 is 5.97 Å². The predicted octanol–water partition coefficient (Wildman–Crippen LogP) is 4.66. The third kappa shape index (κ3) is 7.01. The Hall–Kier alpha value is -3.02. The van der Waals surface area contributed by atoms with E-state index in [9.17, 15) is 24.3 Å². The molecule has 3 saturated heterocycles. The van der Waals surface area contributed by atoms with Gasteiger partial charge in [0.25, 0.3) is 0 Å². The minimum Gasteiger partial charge on any atom is -0.455 e. The van der Waals surface area contributed by atoms with Crippen LogP contribution in [0.3, 0.4) is 0 Å². The zero-order valence-corrected chi connectivity index (χ0v) is 30.5. The van der Waals surface area contributed by atoms with Gasteiger partial charge in [0.15, 0.2) is 0 Å². The summed E-state index contributed by atoms with van der Waals surface area (Å²) in [5.41, 5.74) is -0.588. The van der Waals surface area contributed by atoms with Crippen molar-refractivity contribution < 1.29 is 33.8 Å². The molecule has 264 valence electrons. The number of benzene rings is 1. The van der Waals surface area contributed by atoms with Crippen molar-refractivity contribution in [1.29, 1.82) is 0 Å². The number of alkyl halides is 1. The van der Waals surface area contributed by atoms with Crippen LogP contribution in [0.1, 0.15) is 71.5 Å². The van der Waals surface area contributed by atoms with Gasteiger partial charge in [0.1, 0.15) is 17.7 Å². The van der Waals surface area contributed by atoms with Crippen LogP contribution in [0, 0.1) is 17.8 Å². The molecule has 1 N–H and O–H groups in total. The molecule has 3 aliphatic heterocycles. The lowest BCUT2D eigenvalue weighted by atomic mass is 9.70. The summed E-state index contributed by atoms with van der Waals surface area (Å²) < 4.78 is 13.0. The molecule has 1 spiro atoms. The van der Waals surface area contributed by atoms with E-state index in [4.69, 9.17) is 9.47 Å². The second kappa shape index (κ2) is 16.1. The van der Waals surface area contributed by atoms with Crippen molar-refractivity contribution in [3.63, 3.8) is 0 Å². The van der Waals surface area contributed by atoms with Crippen LogP contribution in [0.4, 0.5) is 0 Å². The van der Waals surface area contributed by atoms with E-state index in [1.165, 1.54) is 4.90 Å². The first-order valence-corrected chi connectivity index (χ1v) is 18.1. The van der Waals surface area contributed by atoms with E-state index in [0.29, 0.717) is 31.5 Å². The molecule has 1 aromatic rings. The molecule has 3 heterocycles. The van der Waals surface area contributed by atoms with Gasteiger partial charge in [0, 0.05) is 31.4 Å². The number of amides is 3. The lowest BCUT2D eigenvalue weighted by Gasteiger charge is -2.40. The van der Waals surface area contributed by atoms with E-state index in [2.05, 4.69) is 29.1 Å². The molecule has 48 heavy (non-hydrogen) atoms. The molecular weight excluding hydrogens is 678 g/mol. The molecule has 2 bridgehead atoms. The number of aliphatic hydroxyl groups excluding tert-OH is 1. The molecule has 4 rings (SSSR count). The summed E-state index contributed by atoms with van der Waals surface area (Å²) in [5.74, 6) is -3.56. The number of carbonyl (C=O) groups excluding carboxylic acids is 4. The Kier molecular flexibility index (Phi) is 12.7. The lowest BCUT2D eigenvalue weighted by molar-refractivity contribution is -0.165. The maximum absolute atomic E-state index is 14.7. The van der Waals surface area contributed by atoms with Crippen molar-refractivity contribution in [3.05, 3.63) is 61.2 Å². The SMILES string of the molecule is C=CCCC(=O)N(C)[C@H](C)[C@H](OC(=O)[C@H]1[C@@H]2O[C@@]3(CC2Br)[C@@H]1C(=O)N([C@@H](CO)C(C)C)[C@@H]3C(=O)N(CC=C)CCCC)c1ccccc1. The summed E-state index contributed by atoms with van der Waals surface area (Å²) in [6, 6.07) is 7.01. The van der Waals surface area contributed by atoms with Crippen molar-refractivity contribution in [2.75, 3.05) is 26.7 Å². The molecule has 3 amide bonds. The number of esters is 1. The average molecular weight is 731 g/mol. The zero-order valence-electron chi connectivity index (χ0n) is 28.9. The molecule has 10 nitrogen and oxygen atoms in total. The number of aliphatic hydroxyl groups is 1. The minimum absolute atomic E-state index is 0.110. The second-order valence-corrected chi connectivity index (χ2v) is 14.8. The third-order valence-corrected chi connectivity index (χ3v) is 11.2. The minimum atomic E-state index is -1.30. The van der Waals surface area contributed by atoms with Gasteiger partial charge in [0.05, 0.1) is 36.6 Å². The summed E-state index contributed by atoms with van der Waals surface area (Å²) in [6.07, 6.45) is 4.60. The highest BCUT2D eigenvalue weighted by molar-refractivity contribution is 9.09. The number of rotatable bonds is 17. The molecule has 9 atom stereocenters. The van der Waals surface area contributed by atoms with E-state index >= 15 is 0 Å². The fraction of sp³-hybridized carbons (Fsp3) is 0.622. The van der Waals surface area contributed by atoms with Crippen LogP contribution >= 0.6 is 15.9 Å². The van der Waals surface area contributed by atoms with Crippen molar-refractivity contribution in [3.8, 4) is 0 Å². The first-order chi connectivity index (χ1) is 22.9. The maximum atomic E-state index is 14.7. The number of carbonyl (C=O) groups is 4. The maximum Gasteiger partial charge on any atom is 0.313 e. The van der Waals surface area contributed by atoms with Crippen LogP contribution in [0.5, 0.6) is 0 Å². The zero-order chi connectivity index (χ0) is 35.3. The molecule has 3 fully saturated rings. The van der Waals surface area contributed by atoms with Gasteiger partial charge in [-0.25, -0.2) is 0 Å². The summed E-state index contributed by atoms with van der Waals surface area (Å²) >= 11 is 3.74. The van der Waals surface area contributed by atoms with Gasteiger partial charge < -0.3 is 29.3 Å². The van der Waals surface area contributed by atoms with Crippen LogP contribution in [0.25, 0.3) is 0 Å². The first kappa shape index (κ1) is 37.8. The van der Waals surface area contributed by atoms with Crippen molar-refractivity contribution >= 4 is 39.6 Å². The normalized spacial score (nSPS) is 27.7. The standard InChI is InChI=1S/C37H52BrN3O7/c1-8-11-18-28(43)39(7)24(6)31(25-16-14-13-15-17-25)47-36(46)29-30-34(44)41(27(22-42)23(4)5)33(37(30)21-26(38)32(29)48-37)35(45)40(19-10-3)20-12-9-2/h8,10,13-17,23-24,26-27,29-33,42H,1,3,9,11-12,18-22H2,2,4-7H3/t24-,26?,27+,29-,30+,31+,32-,33-,37+/m1/s1. The molecule has 0 aromatic heterocycles. The van der Waals surface area contributed by atoms with Crippen LogP contribution in [-0.4, -0.2) is 105 Å². The molecule has 1 aromatic carbocycles. The van der Waals surface area contributed by atoms with Crippen LogP contribution < -0.4 is 0 Å². The van der Waals surface area contributed by atoms with Crippen LogP contribution in [0.2, 0.25) is 0 Å². The third-order valence-electron chi connectivity index (χ3n) is 10.4. The number of hydrogen-bond acceptors (Lipinski definition) is 7. The largest absolute Gasteiger partial charge is 0.455 e. The Morgan fingerprint density at radius 3 is 2.46 bits per heavy atom. The second-order valence-electron chi connectivity index (χ2n) is 13.7. The number of fused-ring (bicyclic) bond motifs is 1. The first-order valence-electron chi connectivity index (χ1n) is 17.2. The Balaban J connectivity index is 1.75. The summed E-state index contributed by atoms with van der Waals surface area (Å²) in [6.45, 7) is 15.7. The Labute approximate surface area is 293 Å². The number of unbranched alkanes of at least 4 members (excludes halogenated alkanes) is 1. The number of halogens is 1. The average Bonchev–Trinajstić information content (AvgIpc) is 3.67. The van der Waals surface area contributed by atoms with E-state index in [0.717, 1.165) is 12.8 Å². The Bertz CT molecular complexity index is 1340.